The lowest BCUT2D eigenvalue weighted by Crippen LogP contribution is -2.54. The van der Waals surface area contributed by atoms with Crippen LogP contribution in [0.15, 0.2) is 11.2 Å². The molecule has 1 aromatic heterocycles. The number of amides is 1. The van der Waals surface area contributed by atoms with Crippen molar-refractivity contribution in [1.29, 1.82) is 0 Å². The fraction of sp³-hybridized carbons (Fsp3) is 0.714. The quantitative estimate of drug-likeness (QED) is 0.783. The highest BCUT2D eigenvalue weighted by Crippen LogP contribution is 2.18. The van der Waals surface area contributed by atoms with Crippen molar-refractivity contribution in [2.45, 2.75) is 30.8 Å². The number of halogens is 1. The minimum absolute atomic E-state index is 0. The van der Waals surface area contributed by atoms with E-state index in [2.05, 4.69) is 10.3 Å². The Bertz CT molecular complexity index is 672. The number of piperazine rings is 1. The van der Waals surface area contributed by atoms with Gasteiger partial charge in [0.1, 0.15) is 5.82 Å². The molecule has 24 heavy (non-hydrogen) atoms. The van der Waals surface area contributed by atoms with Crippen LogP contribution in [0.2, 0.25) is 0 Å². The fourth-order valence-corrected chi connectivity index (χ4v) is 4.49. The summed E-state index contributed by atoms with van der Waals surface area (Å²) in [5.41, 5.74) is 0. The number of sulfonamides is 1. The highest BCUT2D eigenvalue weighted by Gasteiger charge is 2.34. The zero-order valence-corrected chi connectivity index (χ0v) is 15.6. The van der Waals surface area contributed by atoms with Crippen LogP contribution in [0, 0.1) is 6.92 Å². The normalized spacial score (nSPS) is 22.4. The molecule has 1 amide bonds. The molecule has 2 aliphatic rings. The Balaban J connectivity index is 0.00000208. The van der Waals surface area contributed by atoms with Crippen LogP contribution >= 0.6 is 12.4 Å². The van der Waals surface area contributed by atoms with Crippen LogP contribution in [-0.4, -0.2) is 71.8 Å². The lowest BCUT2D eigenvalue weighted by atomic mass is 10.2. The molecule has 0 aromatic carbocycles. The van der Waals surface area contributed by atoms with Gasteiger partial charge in [0, 0.05) is 39.4 Å². The van der Waals surface area contributed by atoms with E-state index in [4.69, 9.17) is 0 Å². The van der Waals surface area contributed by atoms with Gasteiger partial charge in [0.15, 0.2) is 5.03 Å². The lowest BCUT2D eigenvalue weighted by Gasteiger charge is -2.34. The minimum Gasteiger partial charge on any atom is -0.339 e. The van der Waals surface area contributed by atoms with Gasteiger partial charge in [0.2, 0.25) is 5.91 Å². The van der Waals surface area contributed by atoms with E-state index in [0.29, 0.717) is 32.0 Å². The van der Waals surface area contributed by atoms with Gasteiger partial charge in [-0.2, -0.15) is 4.31 Å². The molecule has 0 bridgehead atoms. The summed E-state index contributed by atoms with van der Waals surface area (Å²) in [6.07, 6.45) is 3.42. The summed E-state index contributed by atoms with van der Waals surface area (Å²) in [6.45, 7) is 4.14. The standard InChI is InChI=1S/C14H23N5O3S.ClH/c1-11-16-13(10-17(11)2)23(21,22)19-8-6-18(7-9-19)14(20)12-4-3-5-15-12;/h10,12,15H,3-9H2,1-2H3;1H. The number of aryl methyl sites for hydroxylation is 2. The van der Waals surface area contributed by atoms with Crippen molar-refractivity contribution in [3.05, 3.63) is 12.0 Å². The van der Waals surface area contributed by atoms with Crippen molar-refractivity contribution < 1.29 is 13.2 Å². The van der Waals surface area contributed by atoms with Gasteiger partial charge in [-0.15, -0.1) is 12.4 Å². The molecule has 0 aliphatic carbocycles. The Kier molecular flexibility index (Phi) is 5.90. The maximum atomic E-state index is 12.6. The van der Waals surface area contributed by atoms with Crippen LogP contribution < -0.4 is 5.32 Å². The van der Waals surface area contributed by atoms with Gasteiger partial charge < -0.3 is 14.8 Å². The van der Waals surface area contributed by atoms with E-state index in [-0.39, 0.29) is 29.4 Å². The number of imidazole rings is 1. The largest absolute Gasteiger partial charge is 0.339 e. The highest BCUT2D eigenvalue weighted by atomic mass is 35.5. The second-order valence-corrected chi connectivity index (χ2v) is 8.00. The fourth-order valence-electron chi connectivity index (χ4n) is 3.05. The number of rotatable bonds is 3. The predicted octanol–water partition coefficient (Wildman–Crippen LogP) is -0.265. The van der Waals surface area contributed by atoms with E-state index in [9.17, 15) is 13.2 Å². The van der Waals surface area contributed by atoms with Crippen molar-refractivity contribution in [1.82, 2.24) is 24.1 Å². The van der Waals surface area contributed by atoms with E-state index in [0.717, 1.165) is 19.4 Å². The maximum absolute atomic E-state index is 12.6. The third-order valence-electron chi connectivity index (χ3n) is 4.60. The molecule has 1 atom stereocenters. The molecule has 3 heterocycles. The molecule has 136 valence electrons. The molecular formula is C14H24ClN5O3S. The van der Waals surface area contributed by atoms with E-state index in [1.807, 2.05) is 0 Å². The first-order valence-electron chi connectivity index (χ1n) is 7.92. The van der Waals surface area contributed by atoms with Crippen LogP contribution in [0.25, 0.3) is 0 Å². The Labute approximate surface area is 148 Å². The van der Waals surface area contributed by atoms with E-state index < -0.39 is 10.0 Å². The maximum Gasteiger partial charge on any atom is 0.262 e. The first-order chi connectivity index (χ1) is 10.9. The molecule has 3 rings (SSSR count). The molecule has 0 spiro atoms. The zero-order chi connectivity index (χ0) is 16.6. The van der Waals surface area contributed by atoms with Crippen LogP contribution in [0.3, 0.4) is 0 Å². The summed E-state index contributed by atoms with van der Waals surface area (Å²) >= 11 is 0. The van der Waals surface area contributed by atoms with Gasteiger partial charge in [0.25, 0.3) is 10.0 Å². The molecule has 10 heteroatoms. The van der Waals surface area contributed by atoms with Crippen LogP contribution in [0.1, 0.15) is 18.7 Å². The number of hydrogen-bond acceptors (Lipinski definition) is 5. The Morgan fingerprint density at radius 3 is 2.46 bits per heavy atom. The SMILES string of the molecule is Cc1nc(S(=O)(=O)N2CCN(C(=O)C3CCCN3)CC2)cn1C.Cl. The Morgan fingerprint density at radius 2 is 1.96 bits per heavy atom. The van der Waals surface area contributed by atoms with Gasteiger partial charge in [-0.25, -0.2) is 13.4 Å². The summed E-state index contributed by atoms with van der Waals surface area (Å²) < 4.78 is 28.3. The summed E-state index contributed by atoms with van der Waals surface area (Å²) in [7, 11) is -1.81. The third kappa shape index (κ3) is 3.58. The molecule has 1 unspecified atom stereocenters. The summed E-state index contributed by atoms with van der Waals surface area (Å²) in [5.74, 6) is 0.748. The first-order valence-corrected chi connectivity index (χ1v) is 9.36. The minimum atomic E-state index is -3.58. The molecular weight excluding hydrogens is 354 g/mol. The van der Waals surface area contributed by atoms with Crippen molar-refractivity contribution in [3.8, 4) is 0 Å². The van der Waals surface area contributed by atoms with Crippen LogP contribution in [-0.2, 0) is 21.9 Å². The molecule has 2 saturated heterocycles. The zero-order valence-electron chi connectivity index (χ0n) is 13.9. The molecule has 1 N–H and O–H groups in total. The lowest BCUT2D eigenvalue weighted by molar-refractivity contribution is -0.134. The average molecular weight is 378 g/mol. The van der Waals surface area contributed by atoms with Crippen LogP contribution in [0.5, 0.6) is 0 Å². The monoisotopic (exact) mass is 377 g/mol. The van der Waals surface area contributed by atoms with Gasteiger partial charge >= 0.3 is 0 Å². The van der Waals surface area contributed by atoms with Gasteiger partial charge in [-0.1, -0.05) is 0 Å². The molecule has 2 fully saturated rings. The van der Waals surface area contributed by atoms with Crippen LogP contribution in [0.4, 0.5) is 0 Å². The smallest absolute Gasteiger partial charge is 0.262 e. The van der Waals surface area contributed by atoms with Gasteiger partial charge in [-0.05, 0) is 26.3 Å². The second kappa shape index (κ2) is 7.38. The Morgan fingerprint density at radius 1 is 1.29 bits per heavy atom. The van der Waals surface area contributed by atoms with Crippen molar-refractivity contribution >= 4 is 28.3 Å². The van der Waals surface area contributed by atoms with Crippen molar-refractivity contribution in [2.24, 2.45) is 7.05 Å². The number of carbonyl (C=O) groups excluding carboxylic acids is 1. The number of nitrogens with one attached hydrogen (secondary N) is 1. The topological polar surface area (TPSA) is 87.5 Å². The average Bonchev–Trinajstić information content (AvgIpc) is 3.18. The van der Waals surface area contributed by atoms with E-state index in [1.165, 1.54) is 10.5 Å². The van der Waals surface area contributed by atoms with Gasteiger partial charge in [0.05, 0.1) is 6.04 Å². The third-order valence-corrected chi connectivity index (χ3v) is 6.37. The summed E-state index contributed by atoms with van der Waals surface area (Å²) in [6, 6.07) is -0.100. The highest BCUT2D eigenvalue weighted by molar-refractivity contribution is 7.89. The number of hydrogen-bond donors (Lipinski definition) is 1. The molecule has 2 aliphatic heterocycles. The van der Waals surface area contributed by atoms with E-state index in [1.54, 1.807) is 23.4 Å². The summed E-state index contributed by atoms with van der Waals surface area (Å²) in [5, 5.41) is 3.27. The molecule has 0 radical (unpaired) electrons. The summed E-state index contributed by atoms with van der Waals surface area (Å²) in [4.78, 5) is 18.2. The molecule has 1 aromatic rings. The van der Waals surface area contributed by atoms with E-state index >= 15 is 0 Å². The number of nitrogens with zero attached hydrogens (tertiary/aromatic N) is 4. The Hall–Kier alpha value is -1.16. The molecule has 8 nitrogen and oxygen atoms in total. The number of aromatic nitrogens is 2. The second-order valence-electron chi connectivity index (χ2n) is 6.12. The van der Waals surface area contributed by atoms with Gasteiger partial charge in [-0.3, -0.25) is 4.79 Å². The number of carbonyl (C=O) groups is 1. The van der Waals surface area contributed by atoms with Crippen molar-refractivity contribution in [2.75, 3.05) is 32.7 Å². The first kappa shape index (κ1) is 19.2. The molecule has 0 saturated carbocycles. The van der Waals surface area contributed by atoms with Crippen molar-refractivity contribution in [3.63, 3.8) is 0 Å². The predicted molar refractivity (Wildman–Crippen MR) is 91.6 cm³/mol.